The molecule has 9 heteroatoms. The molecule has 0 saturated carbocycles. The summed E-state index contributed by atoms with van der Waals surface area (Å²) in [5.41, 5.74) is 3.00. The Kier molecular flexibility index (Phi) is 14.9. The van der Waals surface area contributed by atoms with Crippen LogP contribution in [0.25, 0.3) is 10.9 Å². The maximum atomic E-state index is 13.5. The van der Waals surface area contributed by atoms with Gasteiger partial charge >= 0.3 is 5.97 Å². The summed E-state index contributed by atoms with van der Waals surface area (Å²) in [6.45, 7) is 8.19. The van der Waals surface area contributed by atoms with Crippen LogP contribution in [0.15, 0.2) is 86.1 Å². The first kappa shape index (κ1) is 34.3. The van der Waals surface area contributed by atoms with Crippen LogP contribution < -0.4 is 10.6 Å². The fourth-order valence-electron chi connectivity index (χ4n) is 5.07. The molecular formula is C35H45N3O6. The van der Waals surface area contributed by atoms with Crippen LogP contribution in [0.1, 0.15) is 36.8 Å². The van der Waals surface area contributed by atoms with Gasteiger partial charge in [0.25, 0.3) is 0 Å². The van der Waals surface area contributed by atoms with Crippen molar-refractivity contribution in [3.63, 3.8) is 0 Å². The number of aliphatic hydroxyl groups excluding tert-OH is 1. The molecule has 4 N–H and O–H groups in total. The minimum atomic E-state index is -0.648. The molecule has 9 nitrogen and oxygen atoms in total. The van der Waals surface area contributed by atoms with E-state index in [4.69, 9.17) is 14.6 Å². The predicted octanol–water partition coefficient (Wildman–Crippen LogP) is 4.27. The van der Waals surface area contributed by atoms with Gasteiger partial charge in [-0.15, -0.1) is 13.2 Å². The fourth-order valence-corrected chi connectivity index (χ4v) is 5.07. The number of esters is 1. The van der Waals surface area contributed by atoms with Crippen molar-refractivity contribution in [2.45, 2.75) is 44.6 Å². The van der Waals surface area contributed by atoms with Gasteiger partial charge in [-0.2, -0.15) is 0 Å². The third-order valence-electron chi connectivity index (χ3n) is 7.35. The third-order valence-corrected chi connectivity index (χ3v) is 7.35. The lowest BCUT2D eigenvalue weighted by Crippen LogP contribution is -2.44. The summed E-state index contributed by atoms with van der Waals surface area (Å²) < 4.78 is 11.0. The number of carbonyl (C=O) groups is 3. The summed E-state index contributed by atoms with van der Waals surface area (Å²) in [6, 6.07) is 17.2. The summed E-state index contributed by atoms with van der Waals surface area (Å²) >= 11 is 0. The zero-order valence-electron chi connectivity index (χ0n) is 25.3. The van der Waals surface area contributed by atoms with Crippen molar-refractivity contribution in [3.8, 4) is 0 Å². The predicted molar refractivity (Wildman–Crippen MR) is 172 cm³/mol. The number of aromatic nitrogens is 1. The minimum absolute atomic E-state index is 0.0152. The van der Waals surface area contributed by atoms with Crippen molar-refractivity contribution < 1.29 is 29.0 Å². The van der Waals surface area contributed by atoms with E-state index >= 15 is 0 Å². The highest BCUT2D eigenvalue weighted by Gasteiger charge is 2.26. The summed E-state index contributed by atoms with van der Waals surface area (Å²) in [5, 5.41) is 15.6. The number of hydrogen-bond donors (Lipinski definition) is 4. The largest absolute Gasteiger partial charge is 0.463 e. The molecule has 0 aliphatic rings. The van der Waals surface area contributed by atoms with Crippen LogP contribution in [0, 0.1) is 11.8 Å². The molecular weight excluding hydrogens is 558 g/mol. The average molecular weight is 604 g/mol. The SMILES string of the molecule is C=CCC[C@H](Cc1ccccc1)C(=O)OC[C@H](Cc1c[nH]c2ccccc12)NC(=O)[C@H](CC=C)CC(=O)NCCOCCO. The van der Waals surface area contributed by atoms with E-state index in [1.54, 1.807) is 12.2 Å². The number of para-hydroxylation sites is 1. The molecule has 0 saturated heterocycles. The number of ether oxygens (including phenoxy) is 2. The van der Waals surface area contributed by atoms with E-state index in [-0.39, 0.29) is 63.1 Å². The summed E-state index contributed by atoms with van der Waals surface area (Å²) in [5.74, 6) is -1.92. The molecule has 3 rings (SSSR count). The Bertz CT molecular complexity index is 1340. The van der Waals surface area contributed by atoms with E-state index in [2.05, 4.69) is 28.8 Å². The Morgan fingerprint density at radius 3 is 2.48 bits per heavy atom. The molecule has 236 valence electrons. The number of amides is 2. The second-order valence-electron chi connectivity index (χ2n) is 10.8. The second kappa shape index (κ2) is 19.1. The quantitative estimate of drug-likeness (QED) is 0.0818. The highest BCUT2D eigenvalue weighted by Crippen LogP contribution is 2.21. The normalized spacial score (nSPS) is 13.0. The van der Waals surface area contributed by atoms with Gasteiger partial charge in [-0.25, -0.2) is 0 Å². The Hall–Kier alpha value is -4.21. The van der Waals surface area contributed by atoms with Gasteiger partial charge < -0.3 is 30.2 Å². The number of nitrogens with one attached hydrogen (secondary N) is 3. The lowest BCUT2D eigenvalue weighted by Gasteiger charge is -2.23. The number of hydrogen-bond acceptors (Lipinski definition) is 6. The van der Waals surface area contributed by atoms with Crippen molar-refractivity contribution in [1.82, 2.24) is 15.6 Å². The zero-order chi connectivity index (χ0) is 31.6. The van der Waals surface area contributed by atoms with E-state index in [0.29, 0.717) is 32.1 Å². The van der Waals surface area contributed by atoms with Gasteiger partial charge in [0.05, 0.1) is 37.7 Å². The monoisotopic (exact) mass is 603 g/mol. The molecule has 1 heterocycles. The van der Waals surface area contributed by atoms with E-state index < -0.39 is 12.0 Å². The van der Waals surface area contributed by atoms with Gasteiger partial charge in [0.15, 0.2) is 0 Å². The van der Waals surface area contributed by atoms with Gasteiger partial charge in [-0.05, 0) is 49.3 Å². The fraction of sp³-hybridized carbons (Fsp3) is 0.400. The maximum Gasteiger partial charge on any atom is 0.309 e. The van der Waals surface area contributed by atoms with Crippen molar-refractivity contribution in [3.05, 3.63) is 97.2 Å². The van der Waals surface area contributed by atoms with Crippen LogP contribution in [0.4, 0.5) is 0 Å². The lowest BCUT2D eigenvalue weighted by molar-refractivity contribution is -0.150. The van der Waals surface area contributed by atoms with E-state index in [1.807, 2.05) is 60.8 Å². The standard InChI is InChI=1S/C35H45N3O6/c1-3-5-14-28(21-26-12-7-6-8-13-26)35(42)44-25-30(22-29-24-37-32-16-10-9-15-31(29)32)38-34(41)27(11-4-2)23-33(40)36-17-19-43-20-18-39/h3-4,6-10,12-13,15-16,24,27-28,30,37,39H,1-2,5,11,14,17-23,25H2,(H,36,40)(H,38,41)/t27-,28-,30+/m1/s1. The van der Waals surface area contributed by atoms with Crippen LogP contribution in [0.3, 0.4) is 0 Å². The van der Waals surface area contributed by atoms with Crippen LogP contribution in [0.2, 0.25) is 0 Å². The van der Waals surface area contributed by atoms with Crippen LogP contribution in [-0.4, -0.2) is 66.9 Å². The number of carbonyl (C=O) groups excluding carboxylic acids is 3. The number of fused-ring (bicyclic) bond motifs is 1. The van der Waals surface area contributed by atoms with Gasteiger partial charge in [0.2, 0.25) is 11.8 Å². The number of aromatic amines is 1. The van der Waals surface area contributed by atoms with Gasteiger partial charge in [0.1, 0.15) is 6.61 Å². The Morgan fingerprint density at radius 1 is 0.955 bits per heavy atom. The molecule has 0 bridgehead atoms. The van der Waals surface area contributed by atoms with Crippen molar-refractivity contribution in [2.75, 3.05) is 33.0 Å². The summed E-state index contributed by atoms with van der Waals surface area (Å²) in [4.78, 5) is 42.7. The van der Waals surface area contributed by atoms with Gasteiger partial charge in [-0.3, -0.25) is 14.4 Å². The molecule has 0 fully saturated rings. The summed E-state index contributed by atoms with van der Waals surface area (Å²) in [6.07, 6.45) is 7.86. The zero-order valence-corrected chi connectivity index (χ0v) is 25.3. The number of H-pyrrole nitrogens is 1. The third kappa shape index (κ3) is 11.5. The van der Waals surface area contributed by atoms with Gasteiger partial charge in [0, 0.05) is 30.1 Å². The molecule has 3 aromatic rings. The molecule has 0 radical (unpaired) electrons. The number of aliphatic hydroxyl groups is 1. The van der Waals surface area contributed by atoms with E-state index in [9.17, 15) is 14.4 Å². The summed E-state index contributed by atoms with van der Waals surface area (Å²) in [7, 11) is 0. The number of allylic oxidation sites excluding steroid dienone is 2. The highest BCUT2D eigenvalue weighted by molar-refractivity contribution is 5.86. The van der Waals surface area contributed by atoms with Crippen molar-refractivity contribution >= 4 is 28.7 Å². The highest BCUT2D eigenvalue weighted by atomic mass is 16.5. The van der Waals surface area contributed by atoms with Crippen molar-refractivity contribution in [1.29, 1.82) is 0 Å². The molecule has 44 heavy (non-hydrogen) atoms. The van der Waals surface area contributed by atoms with Crippen molar-refractivity contribution in [2.24, 2.45) is 11.8 Å². The molecule has 0 aliphatic carbocycles. The van der Waals surface area contributed by atoms with Gasteiger partial charge in [-0.1, -0.05) is 60.7 Å². The molecule has 1 aromatic heterocycles. The average Bonchev–Trinajstić information content (AvgIpc) is 3.44. The number of benzene rings is 2. The molecule has 0 aliphatic heterocycles. The van der Waals surface area contributed by atoms with E-state index in [0.717, 1.165) is 22.0 Å². The Labute approximate surface area is 259 Å². The van der Waals surface area contributed by atoms with E-state index in [1.165, 1.54) is 0 Å². The molecule has 3 atom stereocenters. The minimum Gasteiger partial charge on any atom is -0.463 e. The molecule has 2 amide bonds. The second-order valence-corrected chi connectivity index (χ2v) is 10.8. The van der Waals surface area contributed by atoms with Crippen LogP contribution in [-0.2, 0) is 36.7 Å². The Morgan fingerprint density at radius 2 is 1.73 bits per heavy atom. The molecule has 0 unspecified atom stereocenters. The lowest BCUT2D eigenvalue weighted by atomic mass is 9.95. The Balaban J connectivity index is 1.71. The smallest absolute Gasteiger partial charge is 0.309 e. The van der Waals surface area contributed by atoms with Crippen LogP contribution >= 0.6 is 0 Å². The first-order chi connectivity index (χ1) is 21.4. The first-order valence-corrected chi connectivity index (χ1v) is 15.2. The van der Waals surface area contributed by atoms with Crippen LogP contribution in [0.5, 0.6) is 0 Å². The molecule has 2 aromatic carbocycles. The topological polar surface area (TPSA) is 130 Å². The number of rotatable bonds is 21. The molecule has 0 spiro atoms. The maximum absolute atomic E-state index is 13.5. The first-order valence-electron chi connectivity index (χ1n) is 15.2.